The number of hydrogen-bond donors (Lipinski definition) is 2. The molecule has 140 valence electrons. The van der Waals surface area contributed by atoms with E-state index in [2.05, 4.69) is 15.3 Å². The number of carboxylic acids is 1. The Hall–Kier alpha value is -2.93. The second-order valence-corrected chi connectivity index (χ2v) is 6.86. The smallest absolute Gasteiger partial charge is 0.356 e. The van der Waals surface area contributed by atoms with Crippen LogP contribution in [0.15, 0.2) is 29.1 Å². The number of aromatic carboxylic acids is 1. The van der Waals surface area contributed by atoms with E-state index in [1.54, 1.807) is 20.0 Å². The summed E-state index contributed by atoms with van der Waals surface area (Å²) in [6, 6.07) is 6.54. The molecule has 1 aromatic carbocycles. The van der Waals surface area contributed by atoms with Gasteiger partial charge in [0.15, 0.2) is 5.69 Å². The van der Waals surface area contributed by atoms with Crippen molar-refractivity contribution in [2.75, 3.05) is 5.32 Å². The minimum Gasteiger partial charge on any atom is -0.476 e. The molecule has 1 atom stereocenters. The lowest BCUT2D eigenvalue weighted by Gasteiger charge is -2.19. The van der Waals surface area contributed by atoms with E-state index >= 15 is 0 Å². The standard InChI is InChI=1S/C19H19ClN4O3/c1-9-7-12(16-13(8-9)18(25)24(4)11(3)22-16)10(2)21-14-5-6-15(20)23-17(14)19(26)27/h5-8,10,21H,1-4H3,(H,26,27). The zero-order chi connectivity index (χ0) is 19.9. The number of anilines is 1. The van der Waals surface area contributed by atoms with Gasteiger partial charge >= 0.3 is 5.97 Å². The fraction of sp³-hybridized carbons (Fsp3) is 0.263. The largest absolute Gasteiger partial charge is 0.476 e. The van der Waals surface area contributed by atoms with Gasteiger partial charge in [-0.05, 0) is 44.5 Å². The summed E-state index contributed by atoms with van der Waals surface area (Å²) in [4.78, 5) is 32.5. The molecule has 8 heteroatoms. The van der Waals surface area contributed by atoms with Gasteiger partial charge in [-0.1, -0.05) is 17.7 Å². The molecule has 7 nitrogen and oxygen atoms in total. The van der Waals surface area contributed by atoms with Crippen LogP contribution in [0.2, 0.25) is 5.15 Å². The first-order chi connectivity index (χ1) is 12.7. The fourth-order valence-corrected chi connectivity index (χ4v) is 3.16. The lowest BCUT2D eigenvalue weighted by atomic mass is 10.0. The number of carboxylic acid groups (broad SMARTS) is 1. The van der Waals surface area contributed by atoms with Gasteiger partial charge < -0.3 is 10.4 Å². The number of aromatic nitrogens is 3. The topological polar surface area (TPSA) is 97.1 Å². The minimum absolute atomic E-state index is 0.104. The van der Waals surface area contributed by atoms with Gasteiger partial charge in [-0.2, -0.15) is 0 Å². The lowest BCUT2D eigenvalue weighted by molar-refractivity contribution is 0.0691. The summed E-state index contributed by atoms with van der Waals surface area (Å²) in [6.07, 6.45) is 0. The Labute approximate surface area is 160 Å². The minimum atomic E-state index is -1.18. The number of nitrogens with zero attached hydrogens (tertiary/aromatic N) is 3. The fourth-order valence-electron chi connectivity index (χ4n) is 3.01. The molecule has 0 saturated heterocycles. The van der Waals surface area contributed by atoms with Crippen molar-refractivity contribution >= 4 is 34.2 Å². The van der Waals surface area contributed by atoms with E-state index in [9.17, 15) is 14.7 Å². The van der Waals surface area contributed by atoms with Crippen LogP contribution in [0.1, 0.15) is 40.4 Å². The Morgan fingerprint density at radius 3 is 2.63 bits per heavy atom. The number of hydrogen-bond acceptors (Lipinski definition) is 5. The number of halogens is 1. The molecule has 0 amide bonds. The molecule has 2 N–H and O–H groups in total. The van der Waals surface area contributed by atoms with Crippen molar-refractivity contribution < 1.29 is 9.90 Å². The molecule has 1 unspecified atom stereocenters. The number of aryl methyl sites for hydroxylation is 2. The Balaban J connectivity index is 2.13. The molecule has 0 bridgehead atoms. The summed E-state index contributed by atoms with van der Waals surface area (Å²) >= 11 is 5.81. The maximum atomic E-state index is 12.6. The third-order valence-corrected chi connectivity index (χ3v) is 4.69. The predicted octanol–water partition coefficient (Wildman–Crippen LogP) is 3.47. The SMILES string of the molecule is Cc1cc(C(C)Nc2ccc(Cl)nc2C(=O)O)c2nc(C)n(C)c(=O)c2c1. The van der Waals surface area contributed by atoms with E-state index < -0.39 is 5.97 Å². The Morgan fingerprint density at radius 1 is 1.26 bits per heavy atom. The van der Waals surface area contributed by atoms with Crippen LogP contribution in [0.3, 0.4) is 0 Å². The van der Waals surface area contributed by atoms with Crippen molar-refractivity contribution in [1.29, 1.82) is 0 Å². The molecular weight excluding hydrogens is 368 g/mol. The maximum absolute atomic E-state index is 12.6. The van der Waals surface area contributed by atoms with Crippen LogP contribution in [0, 0.1) is 13.8 Å². The van der Waals surface area contributed by atoms with Gasteiger partial charge in [0.2, 0.25) is 0 Å². The van der Waals surface area contributed by atoms with E-state index in [1.165, 1.54) is 10.6 Å². The molecule has 0 fully saturated rings. The van der Waals surface area contributed by atoms with Gasteiger partial charge in [0.25, 0.3) is 5.56 Å². The first-order valence-corrected chi connectivity index (χ1v) is 8.71. The average Bonchev–Trinajstić information content (AvgIpc) is 2.61. The third kappa shape index (κ3) is 3.50. The van der Waals surface area contributed by atoms with Crippen molar-refractivity contribution in [2.45, 2.75) is 26.8 Å². The second-order valence-electron chi connectivity index (χ2n) is 6.47. The van der Waals surface area contributed by atoms with Gasteiger partial charge in [-0.25, -0.2) is 14.8 Å². The third-order valence-electron chi connectivity index (χ3n) is 4.48. The first-order valence-electron chi connectivity index (χ1n) is 8.33. The number of pyridine rings is 1. The summed E-state index contributed by atoms with van der Waals surface area (Å²) in [6.45, 7) is 5.55. The lowest BCUT2D eigenvalue weighted by Crippen LogP contribution is -2.22. The molecule has 0 aliphatic heterocycles. The second kappa shape index (κ2) is 7.00. The molecule has 3 rings (SSSR count). The zero-order valence-electron chi connectivity index (χ0n) is 15.4. The van der Waals surface area contributed by atoms with E-state index in [1.807, 2.05) is 26.0 Å². The van der Waals surface area contributed by atoms with Gasteiger partial charge in [-0.3, -0.25) is 9.36 Å². The highest BCUT2D eigenvalue weighted by atomic mass is 35.5. The molecule has 2 aromatic heterocycles. The van der Waals surface area contributed by atoms with Crippen LogP contribution in [0.25, 0.3) is 10.9 Å². The first kappa shape index (κ1) is 18.8. The van der Waals surface area contributed by atoms with Crippen molar-refractivity contribution in [2.24, 2.45) is 7.05 Å². The summed E-state index contributed by atoms with van der Waals surface area (Å²) < 4.78 is 1.51. The molecule has 27 heavy (non-hydrogen) atoms. The van der Waals surface area contributed by atoms with E-state index in [4.69, 9.17) is 11.6 Å². The zero-order valence-corrected chi connectivity index (χ0v) is 16.1. The Bertz CT molecular complexity index is 1120. The number of fused-ring (bicyclic) bond motifs is 1. The molecule has 0 aliphatic carbocycles. The van der Waals surface area contributed by atoms with Crippen LogP contribution >= 0.6 is 11.6 Å². The van der Waals surface area contributed by atoms with Crippen molar-refractivity contribution in [3.05, 3.63) is 62.4 Å². The predicted molar refractivity (Wildman–Crippen MR) is 105 cm³/mol. The van der Waals surface area contributed by atoms with Crippen LogP contribution in [0.4, 0.5) is 5.69 Å². The summed E-state index contributed by atoms with van der Waals surface area (Å²) in [5.41, 5.74) is 2.38. The molecule has 0 spiro atoms. The average molecular weight is 387 g/mol. The maximum Gasteiger partial charge on any atom is 0.356 e. The highest BCUT2D eigenvalue weighted by Gasteiger charge is 2.19. The molecule has 0 radical (unpaired) electrons. The van der Waals surface area contributed by atoms with E-state index in [-0.39, 0.29) is 22.4 Å². The van der Waals surface area contributed by atoms with Crippen LogP contribution in [-0.4, -0.2) is 25.6 Å². The van der Waals surface area contributed by atoms with Gasteiger partial charge in [0.05, 0.1) is 22.6 Å². The summed E-state index contributed by atoms with van der Waals surface area (Å²) in [5, 5.41) is 13.2. The highest BCUT2D eigenvalue weighted by molar-refractivity contribution is 6.29. The van der Waals surface area contributed by atoms with Gasteiger partial charge in [0.1, 0.15) is 11.0 Å². The van der Waals surface area contributed by atoms with Gasteiger partial charge in [0, 0.05) is 12.6 Å². The van der Waals surface area contributed by atoms with Crippen molar-refractivity contribution in [3.8, 4) is 0 Å². The molecule has 2 heterocycles. The normalized spacial score (nSPS) is 12.2. The highest BCUT2D eigenvalue weighted by Crippen LogP contribution is 2.28. The van der Waals surface area contributed by atoms with Crippen LogP contribution < -0.4 is 10.9 Å². The number of carbonyl (C=O) groups is 1. The quantitative estimate of drug-likeness (QED) is 0.666. The monoisotopic (exact) mass is 386 g/mol. The summed E-state index contributed by atoms with van der Waals surface area (Å²) in [5.74, 6) is -0.576. The number of nitrogens with one attached hydrogen (secondary N) is 1. The Kier molecular flexibility index (Phi) is 4.89. The molecular formula is C19H19ClN4O3. The van der Waals surface area contributed by atoms with Gasteiger partial charge in [-0.15, -0.1) is 0 Å². The van der Waals surface area contributed by atoms with Crippen molar-refractivity contribution in [3.63, 3.8) is 0 Å². The Morgan fingerprint density at radius 2 is 1.96 bits per heavy atom. The van der Waals surface area contributed by atoms with E-state index in [0.717, 1.165) is 11.1 Å². The van der Waals surface area contributed by atoms with Crippen molar-refractivity contribution in [1.82, 2.24) is 14.5 Å². The number of benzene rings is 1. The molecule has 0 aliphatic rings. The molecule has 3 aromatic rings. The van der Waals surface area contributed by atoms with Crippen LogP contribution in [-0.2, 0) is 7.05 Å². The van der Waals surface area contributed by atoms with Crippen LogP contribution in [0.5, 0.6) is 0 Å². The number of rotatable bonds is 4. The summed E-state index contributed by atoms with van der Waals surface area (Å²) in [7, 11) is 1.69. The van der Waals surface area contributed by atoms with E-state index in [0.29, 0.717) is 22.4 Å². The molecule has 0 saturated carbocycles.